The van der Waals surface area contributed by atoms with Crippen LogP contribution in [0, 0.1) is 10.1 Å². The predicted molar refractivity (Wildman–Crippen MR) is 111 cm³/mol. The van der Waals surface area contributed by atoms with Crippen LogP contribution in [0.4, 0.5) is 24.5 Å². The second-order valence-electron chi connectivity index (χ2n) is 6.79. The van der Waals surface area contributed by atoms with Gasteiger partial charge in [0.2, 0.25) is 5.91 Å². The molecule has 0 bridgehead atoms. The van der Waals surface area contributed by atoms with E-state index in [0.29, 0.717) is 32.2 Å². The number of amides is 1. The van der Waals surface area contributed by atoms with Crippen LogP contribution in [0.15, 0.2) is 47.4 Å². The van der Waals surface area contributed by atoms with Gasteiger partial charge in [-0.15, -0.1) is 11.8 Å². The number of ether oxygens (including phenoxy) is 1. The zero-order chi connectivity index (χ0) is 22.6. The lowest BCUT2D eigenvalue weighted by atomic mass is 10.2. The highest BCUT2D eigenvalue weighted by atomic mass is 32.2. The van der Waals surface area contributed by atoms with Gasteiger partial charge in [-0.3, -0.25) is 14.9 Å². The van der Waals surface area contributed by atoms with Crippen LogP contribution in [0.25, 0.3) is 0 Å². The molecule has 0 saturated carbocycles. The van der Waals surface area contributed by atoms with Gasteiger partial charge in [0.15, 0.2) is 0 Å². The first-order valence-electron chi connectivity index (χ1n) is 9.34. The Bertz CT molecular complexity index is 946. The number of piperazine rings is 1. The van der Waals surface area contributed by atoms with E-state index in [1.165, 1.54) is 0 Å². The highest BCUT2D eigenvalue weighted by molar-refractivity contribution is 8.00. The summed E-state index contributed by atoms with van der Waals surface area (Å²) < 4.78 is 43.6. The molecule has 31 heavy (non-hydrogen) atoms. The number of alkyl halides is 3. The molecule has 1 heterocycles. The number of carbonyl (C=O) groups is 1. The molecule has 0 aliphatic carbocycles. The number of halogens is 3. The van der Waals surface area contributed by atoms with Gasteiger partial charge in [-0.25, -0.2) is 0 Å². The molecular weight excluding hydrogens is 435 g/mol. The number of rotatable bonds is 6. The van der Waals surface area contributed by atoms with Gasteiger partial charge in [0.05, 0.1) is 28.2 Å². The van der Waals surface area contributed by atoms with Crippen LogP contribution < -0.4 is 9.64 Å². The Morgan fingerprint density at radius 1 is 1.13 bits per heavy atom. The Hall–Kier alpha value is -2.95. The maximum absolute atomic E-state index is 12.8. The maximum Gasteiger partial charge on any atom is 0.416 e. The molecule has 0 N–H and O–H groups in total. The summed E-state index contributed by atoms with van der Waals surface area (Å²) in [6.07, 6.45) is -4.67. The minimum atomic E-state index is -4.67. The van der Waals surface area contributed by atoms with E-state index in [1.54, 1.807) is 12.0 Å². The first kappa shape index (κ1) is 22.7. The van der Waals surface area contributed by atoms with Gasteiger partial charge in [0.1, 0.15) is 5.75 Å². The Labute approximate surface area is 180 Å². The number of nitrogens with zero attached hydrogens (tertiary/aromatic N) is 3. The molecule has 11 heteroatoms. The van der Waals surface area contributed by atoms with E-state index in [4.69, 9.17) is 4.74 Å². The fourth-order valence-corrected chi connectivity index (χ4v) is 4.10. The molecule has 0 spiro atoms. The van der Waals surface area contributed by atoms with Gasteiger partial charge in [-0.1, -0.05) is 0 Å². The fourth-order valence-electron chi connectivity index (χ4n) is 3.20. The van der Waals surface area contributed by atoms with Crippen LogP contribution in [-0.2, 0) is 11.0 Å². The predicted octanol–water partition coefficient (Wildman–Crippen LogP) is 4.06. The number of benzene rings is 2. The number of anilines is 1. The highest BCUT2D eigenvalue weighted by Gasteiger charge is 2.33. The van der Waals surface area contributed by atoms with Crippen LogP contribution in [-0.4, -0.2) is 54.8 Å². The zero-order valence-corrected chi connectivity index (χ0v) is 17.4. The van der Waals surface area contributed by atoms with E-state index in [-0.39, 0.29) is 16.6 Å². The molecule has 3 rings (SSSR count). The molecule has 0 radical (unpaired) electrons. The van der Waals surface area contributed by atoms with Crippen molar-refractivity contribution in [2.24, 2.45) is 0 Å². The van der Waals surface area contributed by atoms with E-state index >= 15 is 0 Å². The lowest BCUT2D eigenvalue weighted by Crippen LogP contribution is -2.49. The summed E-state index contributed by atoms with van der Waals surface area (Å²) in [6, 6.07) is 9.93. The molecule has 166 valence electrons. The second-order valence-corrected chi connectivity index (χ2v) is 7.81. The molecule has 1 aliphatic rings. The molecule has 0 atom stereocenters. The van der Waals surface area contributed by atoms with Crippen molar-refractivity contribution in [2.75, 3.05) is 43.9 Å². The SMILES string of the molecule is COc1ccc(N2CCN(C(=O)CSc3ccc(C(F)(F)F)cc3[N+](=O)[O-])CC2)cc1. The number of thioether (sulfide) groups is 1. The number of hydrogen-bond acceptors (Lipinski definition) is 6. The van der Waals surface area contributed by atoms with Crippen LogP contribution in [0.3, 0.4) is 0 Å². The van der Waals surface area contributed by atoms with Gasteiger partial charge in [0.25, 0.3) is 5.69 Å². The minimum absolute atomic E-state index is 0.0308. The Morgan fingerprint density at radius 3 is 2.32 bits per heavy atom. The fraction of sp³-hybridized carbons (Fsp3) is 0.350. The Balaban J connectivity index is 1.57. The summed E-state index contributed by atoms with van der Waals surface area (Å²) in [5.74, 6) is 0.454. The summed E-state index contributed by atoms with van der Waals surface area (Å²) in [5, 5.41) is 11.2. The van der Waals surface area contributed by atoms with Crippen molar-refractivity contribution in [3.8, 4) is 5.75 Å². The summed E-state index contributed by atoms with van der Waals surface area (Å²) in [5.41, 5.74) is -0.732. The maximum atomic E-state index is 12.8. The number of hydrogen-bond donors (Lipinski definition) is 0. The Morgan fingerprint density at radius 2 is 1.77 bits per heavy atom. The van der Waals surface area contributed by atoms with Crippen molar-refractivity contribution in [3.63, 3.8) is 0 Å². The smallest absolute Gasteiger partial charge is 0.416 e. The molecule has 7 nitrogen and oxygen atoms in total. The third-order valence-corrected chi connectivity index (χ3v) is 5.95. The van der Waals surface area contributed by atoms with Crippen molar-refractivity contribution in [2.45, 2.75) is 11.1 Å². The molecule has 1 fully saturated rings. The van der Waals surface area contributed by atoms with E-state index < -0.39 is 22.4 Å². The van der Waals surface area contributed by atoms with Gasteiger partial charge < -0.3 is 14.5 Å². The van der Waals surface area contributed by atoms with Crippen LogP contribution in [0.5, 0.6) is 5.75 Å². The normalized spacial score (nSPS) is 14.5. The molecule has 1 saturated heterocycles. The molecule has 2 aromatic rings. The van der Waals surface area contributed by atoms with E-state index in [0.717, 1.165) is 35.3 Å². The van der Waals surface area contributed by atoms with E-state index in [9.17, 15) is 28.1 Å². The third-order valence-electron chi connectivity index (χ3n) is 4.90. The second kappa shape index (κ2) is 9.46. The van der Waals surface area contributed by atoms with Crippen molar-refractivity contribution < 1.29 is 27.6 Å². The topological polar surface area (TPSA) is 75.9 Å². The van der Waals surface area contributed by atoms with Crippen molar-refractivity contribution in [3.05, 3.63) is 58.1 Å². The first-order valence-corrected chi connectivity index (χ1v) is 10.3. The van der Waals surface area contributed by atoms with Crippen molar-refractivity contribution in [1.29, 1.82) is 0 Å². The van der Waals surface area contributed by atoms with Crippen LogP contribution in [0.1, 0.15) is 5.56 Å². The average Bonchev–Trinajstić information content (AvgIpc) is 2.76. The molecule has 0 aromatic heterocycles. The molecule has 1 amide bonds. The standard InChI is InChI=1S/C20H20F3N3O4S/c1-30-16-5-3-15(4-6-16)24-8-10-25(11-9-24)19(27)13-31-18-7-2-14(20(21,22)23)12-17(18)26(28)29/h2-7,12H,8-11,13H2,1H3. The van der Waals surface area contributed by atoms with Gasteiger partial charge in [0, 0.05) is 37.9 Å². The highest BCUT2D eigenvalue weighted by Crippen LogP contribution is 2.36. The lowest BCUT2D eigenvalue weighted by Gasteiger charge is -2.36. The molecule has 0 unspecified atom stereocenters. The summed E-state index contributed by atoms with van der Waals surface area (Å²) in [7, 11) is 1.59. The number of nitro benzene ring substituents is 1. The van der Waals surface area contributed by atoms with E-state index in [2.05, 4.69) is 4.90 Å². The summed E-state index contributed by atoms with van der Waals surface area (Å²) in [6.45, 7) is 2.23. The van der Waals surface area contributed by atoms with Gasteiger partial charge in [-0.2, -0.15) is 13.2 Å². The van der Waals surface area contributed by atoms with E-state index in [1.807, 2.05) is 24.3 Å². The monoisotopic (exact) mass is 455 g/mol. The largest absolute Gasteiger partial charge is 0.497 e. The summed E-state index contributed by atoms with van der Waals surface area (Å²) >= 11 is 0.870. The molecule has 1 aliphatic heterocycles. The minimum Gasteiger partial charge on any atom is -0.497 e. The van der Waals surface area contributed by atoms with Gasteiger partial charge >= 0.3 is 6.18 Å². The average molecular weight is 455 g/mol. The number of nitro groups is 1. The molecular formula is C20H20F3N3O4S. The lowest BCUT2D eigenvalue weighted by molar-refractivity contribution is -0.388. The summed E-state index contributed by atoms with van der Waals surface area (Å²) in [4.78, 5) is 26.7. The molecule has 2 aromatic carbocycles. The van der Waals surface area contributed by atoms with Crippen LogP contribution >= 0.6 is 11.8 Å². The first-order chi connectivity index (χ1) is 14.7. The quantitative estimate of drug-likeness (QED) is 0.372. The number of carbonyl (C=O) groups excluding carboxylic acids is 1. The zero-order valence-electron chi connectivity index (χ0n) is 16.6. The Kier molecular flexibility index (Phi) is 6.94. The van der Waals surface area contributed by atoms with Crippen LogP contribution in [0.2, 0.25) is 0 Å². The van der Waals surface area contributed by atoms with Crippen molar-refractivity contribution in [1.82, 2.24) is 4.90 Å². The van der Waals surface area contributed by atoms with Crippen molar-refractivity contribution >= 4 is 29.0 Å². The number of methoxy groups -OCH3 is 1. The third kappa shape index (κ3) is 5.60. The van der Waals surface area contributed by atoms with Gasteiger partial charge in [-0.05, 0) is 36.4 Å².